The van der Waals surface area contributed by atoms with Gasteiger partial charge in [-0.1, -0.05) is 47.0 Å². The minimum atomic E-state index is 0.342. The van der Waals surface area contributed by atoms with Crippen molar-refractivity contribution in [2.45, 2.75) is 105 Å². The number of allylic oxidation sites excluding steroid dienone is 3. The van der Waals surface area contributed by atoms with E-state index in [1.54, 1.807) is 5.57 Å². The molecule has 156 valence electrons. The van der Waals surface area contributed by atoms with Gasteiger partial charge in [0.25, 0.3) is 0 Å². The van der Waals surface area contributed by atoms with Crippen LogP contribution in [0.15, 0.2) is 28.5 Å². The summed E-state index contributed by atoms with van der Waals surface area (Å²) in [5.41, 5.74) is 8.00. The first-order valence-electron chi connectivity index (χ1n) is 12.0. The quantitative estimate of drug-likeness (QED) is 0.428. The standard InChI is InChI=1S/C27H42O/c1-19(2)9-6-10-20(3)24-16-17-25-23(12-8-18-27(24,25)5)15-14-22-11-7-13-26(28)21(22)4/h14,19-20,24-25H,6-13,16-18H2,1-5H3/t15?,20-,24-,25+,27-/m1/s1. The predicted octanol–water partition coefficient (Wildman–Crippen LogP) is 7.82. The molecule has 0 amide bonds. The summed E-state index contributed by atoms with van der Waals surface area (Å²) in [5.74, 6) is 3.61. The maximum atomic E-state index is 12.0. The van der Waals surface area contributed by atoms with Gasteiger partial charge < -0.3 is 0 Å². The Balaban J connectivity index is 1.75. The highest BCUT2D eigenvalue weighted by atomic mass is 16.1. The van der Waals surface area contributed by atoms with Gasteiger partial charge in [-0.25, -0.2) is 0 Å². The minimum absolute atomic E-state index is 0.342. The van der Waals surface area contributed by atoms with E-state index in [1.807, 2.05) is 6.92 Å². The molecule has 4 atom stereocenters. The van der Waals surface area contributed by atoms with Gasteiger partial charge in [0.2, 0.25) is 0 Å². The summed E-state index contributed by atoms with van der Waals surface area (Å²) in [6.07, 6.45) is 15.8. The number of rotatable bonds is 6. The molecule has 0 aromatic carbocycles. The van der Waals surface area contributed by atoms with E-state index in [2.05, 4.69) is 39.5 Å². The van der Waals surface area contributed by atoms with Gasteiger partial charge in [-0.15, -0.1) is 5.73 Å². The van der Waals surface area contributed by atoms with E-state index in [4.69, 9.17) is 0 Å². The molecule has 0 N–H and O–H groups in total. The number of ketones is 1. The van der Waals surface area contributed by atoms with Gasteiger partial charge in [-0.05, 0) is 104 Å². The number of hydrogen-bond donors (Lipinski definition) is 0. The number of carbonyl (C=O) groups is 1. The fraction of sp³-hybridized carbons (Fsp3) is 0.778. The average Bonchev–Trinajstić information content (AvgIpc) is 3.00. The van der Waals surface area contributed by atoms with E-state index in [1.165, 1.54) is 56.9 Å². The molecule has 1 heteroatoms. The minimum Gasteiger partial charge on any atom is -0.295 e. The van der Waals surface area contributed by atoms with Crippen molar-refractivity contribution in [1.82, 2.24) is 0 Å². The van der Waals surface area contributed by atoms with Crippen molar-refractivity contribution in [3.8, 4) is 0 Å². The third-order valence-corrected chi connectivity index (χ3v) is 8.30. The first-order valence-corrected chi connectivity index (χ1v) is 12.0. The molecule has 3 aliphatic carbocycles. The van der Waals surface area contributed by atoms with E-state index in [0.717, 1.165) is 48.5 Å². The molecular weight excluding hydrogens is 340 g/mol. The Kier molecular flexibility index (Phi) is 7.08. The predicted molar refractivity (Wildman–Crippen MR) is 119 cm³/mol. The maximum absolute atomic E-state index is 12.0. The lowest BCUT2D eigenvalue weighted by Gasteiger charge is -2.44. The highest BCUT2D eigenvalue weighted by Gasteiger charge is 2.50. The van der Waals surface area contributed by atoms with Crippen LogP contribution in [0.25, 0.3) is 0 Å². The molecule has 3 rings (SSSR count). The molecule has 1 nitrogen and oxygen atoms in total. The van der Waals surface area contributed by atoms with Gasteiger partial charge in [0.05, 0.1) is 0 Å². The lowest BCUT2D eigenvalue weighted by atomic mass is 9.61. The highest BCUT2D eigenvalue weighted by Crippen LogP contribution is 2.59. The molecule has 0 saturated heterocycles. The molecule has 2 saturated carbocycles. The van der Waals surface area contributed by atoms with E-state index in [0.29, 0.717) is 11.2 Å². The normalized spacial score (nSPS) is 31.8. The molecule has 0 spiro atoms. The summed E-state index contributed by atoms with van der Waals surface area (Å²) in [4.78, 5) is 12.0. The first-order chi connectivity index (χ1) is 13.3. The third-order valence-electron chi connectivity index (χ3n) is 8.30. The topological polar surface area (TPSA) is 17.1 Å². The van der Waals surface area contributed by atoms with Crippen LogP contribution in [0.1, 0.15) is 105 Å². The van der Waals surface area contributed by atoms with Gasteiger partial charge in [-0.2, -0.15) is 0 Å². The highest BCUT2D eigenvalue weighted by molar-refractivity contribution is 5.96. The summed E-state index contributed by atoms with van der Waals surface area (Å²) in [6.45, 7) is 11.8. The van der Waals surface area contributed by atoms with Crippen LogP contribution in [0.4, 0.5) is 0 Å². The van der Waals surface area contributed by atoms with Gasteiger partial charge in [0.15, 0.2) is 5.78 Å². The van der Waals surface area contributed by atoms with Crippen LogP contribution >= 0.6 is 0 Å². The number of carbonyl (C=O) groups excluding carboxylic acids is 1. The second-order valence-electron chi connectivity index (χ2n) is 10.6. The Bertz CT molecular complexity index is 672. The second-order valence-corrected chi connectivity index (χ2v) is 10.6. The van der Waals surface area contributed by atoms with Gasteiger partial charge in [0, 0.05) is 6.42 Å². The largest absolute Gasteiger partial charge is 0.295 e. The molecule has 0 radical (unpaired) electrons. The van der Waals surface area contributed by atoms with Crippen molar-refractivity contribution >= 4 is 5.78 Å². The Hall–Kier alpha value is -1.07. The molecule has 28 heavy (non-hydrogen) atoms. The number of fused-ring (bicyclic) bond motifs is 1. The molecule has 0 aliphatic heterocycles. The van der Waals surface area contributed by atoms with Crippen molar-refractivity contribution in [2.75, 3.05) is 0 Å². The SMILES string of the molecule is CC1=C(C=C=C2CCC[C@]3(C)[C@@H]([C@H](C)CCCC(C)C)CC[C@@H]23)CCCC1=O. The second kappa shape index (κ2) is 9.17. The van der Waals surface area contributed by atoms with Crippen LogP contribution in [-0.4, -0.2) is 5.78 Å². The Morgan fingerprint density at radius 2 is 1.89 bits per heavy atom. The Morgan fingerprint density at radius 3 is 2.64 bits per heavy atom. The fourth-order valence-corrected chi connectivity index (χ4v) is 6.54. The third kappa shape index (κ3) is 4.56. The van der Waals surface area contributed by atoms with E-state index in [-0.39, 0.29) is 0 Å². The monoisotopic (exact) mass is 382 g/mol. The van der Waals surface area contributed by atoms with Gasteiger partial charge >= 0.3 is 0 Å². The van der Waals surface area contributed by atoms with Crippen molar-refractivity contribution in [1.29, 1.82) is 0 Å². The van der Waals surface area contributed by atoms with Crippen LogP contribution in [0, 0.1) is 29.1 Å². The molecular formula is C27H42O. The molecule has 2 fully saturated rings. The summed E-state index contributed by atoms with van der Waals surface area (Å²) in [6, 6.07) is 0. The van der Waals surface area contributed by atoms with Crippen molar-refractivity contribution in [2.24, 2.45) is 29.1 Å². The zero-order valence-electron chi connectivity index (χ0n) is 19.1. The van der Waals surface area contributed by atoms with Gasteiger partial charge in [-0.3, -0.25) is 4.79 Å². The lowest BCUT2D eigenvalue weighted by molar-refractivity contribution is -0.116. The average molecular weight is 383 g/mol. The van der Waals surface area contributed by atoms with E-state index in [9.17, 15) is 4.79 Å². The molecule has 3 aliphatic rings. The summed E-state index contributed by atoms with van der Waals surface area (Å²) in [7, 11) is 0. The van der Waals surface area contributed by atoms with Crippen molar-refractivity contribution in [3.63, 3.8) is 0 Å². The Labute approximate surface area is 173 Å². The summed E-state index contributed by atoms with van der Waals surface area (Å²) >= 11 is 0. The van der Waals surface area contributed by atoms with Crippen LogP contribution in [0.5, 0.6) is 0 Å². The van der Waals surface area contributed by atoms with Crippen LogP contribution < -0.4 is 0 Å². The molecule has 0 heterocycles. The first kappa shape index (κ1) is 21.6. The fourth-order valence-electron chi connectivity index (χ4n) is 6.54. The smallest absolute Gasteiger partial charge is 0.158 e. The molecule has 0 bridgehead atoms. The molecule has 0 aromatic heterocycles. The van der Waals surface area contributed by atoms with Gasteiger partial charge in [0.1, 0.15) is 0 Å². The summed E-state index contributed by atoms with van der Waals surface area (Å²) in [5, 5.41) is 0. The van der Waals surface area contributed by atoms with Crippen LogP contribution in [0.3, 0.4) is 0 Å². The van der Waals surface area contributed by atoms with E-state index < -0.39 is 0 Å². The van der Waals surface area contributed by atoms with Crippen LogP contribution in [0.2, 0.25) is 0 Å². The van der Waals surface area contributed by atoms with Crippen LogP contribution in [-0.2, 0) is 4.79 Å². The Morgan fingerprint density at radius 1 is 1.11 bits per heavy atom. The maximum Gasteiger partial charge on any atom is 0.158 e. The zero-order valence-corrected chi connectivity index (χ0v) is 19.1. The van der Waals surface area contributed by atoms with Crippen molar-refractivity contribution in [3.05, 3.63) is 28.5 Å². The summed E-state index contributed by atoms with van der Waals surface area (Å²) < 4.78 is 0. The number of Topliss-reactive ketones (excluding diaryl/α,β-unsaturated/α-hetero) is 1. The lowest BCUT2D eigenvalue weighted by Crippen LogP contribution is -2.35. The molecule has 0 unspecified atom stereocenters. The van der Waals surface area contributed by atoms with Crippen molar-refractivity contribution < 1.29 is 4.79 Å². The number of hydrogen-bond acceptors (Lipinski definition) is 1. The van der Waals surface area contributed by atoms with E-state index >= 15 is 0 Å². The zero-order chi connectivity index (χ0) is 20.3. The molecule has 0 aromatic rings.